The Bertz CT molecular complexity index is 512. The van der Waals surface area contributed by atoms with Crippen molar-refractivity contribution in [1.29, 1.82) is 0 Å². The number of halogens is 1. The summed E-state index contributed by atoms with van der Waals surface area (Å²) in [7, 11) is 0. The van der Waals surface area contributed by atoms with Gasteiger partial charge < -0.3 is 5.32 Å². The van der Waals surface area contributed by atoms with Crippen molar-refractivity contribution in [1.82, 2.24) is 5.32 Å². The minimum atomic E-state index is 0. The Morgan fingerprint density at radius 1 is 0.762 bits per heavy atom. The third-order valence-corrected chi connectivity index (χ3v) is 4.28. The van der Waals surface area contributed by atoms with E-state index < -0.39 is 0 Å². The Balaban J connectivity index is 0.00000161. The Hall–Kier alpha value is -1.31. The van der Waals surface area contributed by atoms with Gasteiger partial charge in [-0.15, -0.1) is 12.4 Å². The molecule has 0 radical (unpaired) electrons. The summed E-state index contributed by atoms with van der Waals surface area (Å²) in [4.78, 5) is 0. The normalized spacial score (nSPS) is 21.0. The van der Waals surface area contributed by atoms with E-state index in [0.29, 0.717) is 12.1 Å². The maximum absolute atomic E-state index is 3.81. The second-order valence-electron chi connectivity index (χ2n) is 5.85. The van der Waals surface area contributed by atoms with Crippen molar-refractivity contribution in [2.24, 2.45) is 0 Å². The van der Waals surface area contributed by atoms with E-state index in [1.165, 1.54) is 43.2 Å². The quantitative estimate of drug-likeness (QED) is 0.863. The predicted octanol–water partition coefficient (Wildman–Crippen LogP) is 4.40. The molecule has 0 amide bonds. The van der Waals surface area contributed by atoms with E-state index >= 15 is 0 Å². The van der Waals surface area contributed by atoms with Crippen LogP contribution in [0.4, 0.5) is 0 Å². The minimum absolute atomic E-state index is 0. The van der Waals surface area contributed by atoms with Crippen LogP contribution >= 0.6 is 12.4 Å². The van der Waals surface area contributed by atoms with Crippen molar-refractivity contribution in [2.45, 2.75) is 44.2 Å². The fourth-order valence-corrected chi connectivity index (χ4v) is 3.18. The van der Waals surface area contributed by atoms with Gasteiger partial charge in [-0.25, -0.2) is 0 Å². The van der Waals surface area contributed by atoms with E-state index in [9.17, 15) is 0 Å². The molecular formula is C19H24ClN. The second kappa shape index (κ2) is 8.21. The van der Waals surface area contributed by atoms with Crippen LogP contribution in [0.25, 0.3) is 0 Å². The average molecular weight is 302 g/mol. The molecule has 3 rings (SSSR count). The van der Waals surface area contributed by atoms with Gasteiger partial charge in [-0.2, -0.15) is 0 Å². The Kier molecular flexibility index (Phi) is 6.28. The summed E-state index contributed by atoms with van der Waals surface area (Å²) in [6, 6.07) is 23.0. The first-order chi connectivity index (χ1) is 9.90. The molecule has 0 bridgehead atoms. The van der Waals surface area contributed by atoms with Crippen LogP contribution in [-0.2, 0) is 12.8 Å². The van der Waals surface area contributed by atoms with Gasteiger partial charge in [0.1, 0.15) is 0 Å². The summed E-state index contributed by atoms with van der Waals surface area (Å²) in [6.07, 6.45) is 6.26. The van der Waals surface area contributed by atoms with Gasteiger partial charge in [-0.1, -0.05) is 60.7 Å². The van der Waals surface area contributed by atoms with Crippen LogP contribution < -0.4 is 5.32 Å². The van der Waals surface area contributed by atoms with Gasteiger partial charge in [0, 0.05) is 12.1 Å². The first-order valence-corrected chi connectivity index (χ1v) is 7.74. The maximum atomic E-state index is 3.81. The van der Waals surface area contributed by atoms with Crippen LogP contribution in [-0.4, -0.2) is 12.1 Å². The highest BCUT2D eigenvalue weighted by Gasteiger charge is 2.23. The monoisotopic (exact) mass is 301 g/mol. The van der Waals surface area contributed by atoms with Gasteiger partial charge in [-0.3, -0.25) is 0 Å². The molecule has 0 aliphatic carbocycles. The molecule has 112 valence electrons. The molecule has 1 aliphatic heterocycles. The molecule has 1 N–H and O–H groups in total. The summed E-state index contributed by atoms with van der Waals surface area (Å²) in [5, 5.41) is 3.81. The fourth-order valence-electron chi connectivity index (χ4n) is 3.18. The predicted molar refractivity (Wildman–Crippen MR) is 92.1 cm³/mol. The van der Waals surface area contributed by atoms with Gasteiger partial charge in [-0.05, 0) is 43.2 Å². The van der Waals surface area contributed by atoms with Crippen LogP contribution in [0.1, 0.15) is 30.4 Å². The largest absolute Gasteiger partial charge is 0.311 e. The third kappa shape index (κ3) is 4.87. The molecule has 1 nitrogen and oxygen atoms in total. The minimum Gasteiger partial charge on any atom is -0.311 e. The fraction of sp³-hybridized carbons (Fsp3) is 0.368. The van der Waals surface area contributed by atoms with E-state index in [0.717, 1.165) is 0 Å². The number of hydrogen-bond acceptors (Lipinski definition) is 1. The molecule has 0 saturated carbocycles. The SMILES string of the molecule is Cl.c1ccc(CC[C@@H]2CC[C@@H](Cc3ccccc3)N2)cc1. The lowest BCUT2D eigenvalue weighted by molar-refractivity contribution is 0.509. The second-order valence-corrected chi connectivity index (χ2v) is 5.85. The van der Waals surface area contributed by atoms with E-state index in [1.54, 1.807) is 0 Å². The summed E-state index contributed by atoms with van der Waals surface area (Å²) in [5.74, 6) is 0. The first kappa shape index (κ1) is 16.1. The van der Waals surface area contributed by atoms with Gasteiger partial charge in [0.2, 0.25) is 0 Å². The summed E-state index contributed by atoms with van der Waals surface area (Å²) < 4.78 is 0. The Labute approximate surface area is 134 Å². The zero-order chi connectivity index (χ0) is 13.6. The number of rotatable bonds is 5. The molecule has 1 aliphatic rings. The van der Waals surface area contributed by atoms with Crippen molar-refractivity contribution in [3.05, 3.63) is 71.8 Å². The van der Waals surface area contributed by atoms with Crippen LogP contribution in [0.2, 0.25) is 0 Å². The molecule has 21 heavy (non-hydrogen) atoms. The summed E-state index contributed by atoms with van der Waals surface area (Å²) in [6.45, 7) is 0. The summed E-state index contributed by atoms with van der Waals surface area (Å²) >= 11 is 0. The van der Waals surface area contributed by atoms with Crippen molar-refractivity contribution < 1.29 is 0 Å². The molecule has 0 unspecified atom stereocenters. The molecule has 2 aromatic carbocycles. The van der Waals surface area contributed by atoms with Crippen molar-refractivity contribution >= 4 is 12.4 Å². The molecule has 2 aromatic rings. The zero-order valence-corrected chi connectivity index (χ0v) is 13.2. The van der Waals surface area contributed by atoms with E-state index in [4.69, 9.17) is 0 Å². The zero-order valence-electron chi connectivity index (χ0n) is 12.4. The van der Waals surface area contributed by atoms with Gasteiger partial charge in [0.25, 0.3) is 0 Å². The first-order valence-electron chi connectivity index (χ1n) is 7.74. The van der Waals surface area contributed by atoms with Gasteiger partial charge >= 0.3 is 0 Å². The lowest BCUT2D eigenvalue weighted by Gasteiger charge is -2.14. The molecule has 2 atom stereocenters. The standard InChI is InChI=1S/C19H23N.ClH/c1-3-7-16(8-4-1)11-12-18-13-14-19(20-18)15-17-9-5-2-6-10-17;/h1-10,18-20H,11-15H2;1H/t18-,19+;/m1./s1. The molecule has 1 fully saturated rings. The topological polar surface area (TPSA) is 12.0 Å². The van der Waals surface area contributed by atoms with Crippen molar-refractivity contribution in [2.75, 3.05) is 0 Å². The van der Waals surface area contributed by atoms with Crippen LogP contribution in [0.5, 0.6) is 0 Å². The lowest BCUT2D eigenvalue weighted by atomic mass is 10.0. The number of benzene rings is 2. The lowest BCUT2D eigenvalue weighted by Crippen LogP contribution is -2.31. The molecule has 2 heteroatoms. The molecule has 1 heterocycles. The number of hydrogen-bond donors (Lipinski definition) is 1. The number of aryl methyl sites for hydroxylation is 1. The highest BCUT2D eigenvalue weighted by Crippen LogP contribution is 2.20. The smallest absolute Gasteiger partial charge is 0.0111 e. The van der Waals surface area contributed by atoms with Gasteiger partial charge in [0.05, 0.1) is 0 Å². The average Bonchev–Trinajstić information content (AvgIpc) is 2.95. The molecular weight excluding hydrogens is 278 g/mol. The van der Waals surface area contributed by atoms with Crippen molar-refractivity contribution in [3.63, 3.8) is 0 Å². The van der Waals surface area contributed by atoms with E-state index in [2.05, 4.69) is 66.0 Å². The van der Waals surface area contributed by atoms with Gasteiger partial charge in [0.15, 0.2) is 0 Å². The highest BCUT2D eigenvalue weighted by atomic mass is 35.5. The van der Waals surface area contributed by atoms with E-state index in [-0.39, 0.29) is 12.4 Å². The molecule has 1 saturated heterocycles. The Morgan fingerprint density at radius 2 is 1.33 bits per heavy atom. The maximum Gasteiger partial charge on any atom is 0.0111 e. The summed E-state index contributed by atoms with van der Waals surface area (Å²) in [5.41, 5.74) is 2.91. The third-order valence-electron chi connectivity index (χ3n) is 4.28. The van der Waals surface area contributed by atoms with Crippen LogP contribution in [0.3, 0.4) is 0 Å². The molecule has 0 aromatic heterocycles. The van der Waals surface area contributed by atoms with Crippen molar-refractivity contribution in [3.8, 4) is 0 Å². The van der Waals surface area contributed by atoms with Crippen LogP contribution in [0, 0.1) is 0 Å². The Morgan fingerprint density at radius 3 is 2.00 bits per heavy atom. The number of nitrogens with one attached hydrogen (secondary N) is 1. The van der Waals surface area contributed by atoms with E-state index in [1.807, 2.05) is 0 Å². The van der Waals surface area contributed by atoms with Crippen LogP contribution in [0.15, 0.2) is 60.7 Å². The highest BCUT2D eigenvalue weighted by molar-refractivity contribution is 5.85. The molecule has 0 spiro atoms.